The topological polar surface area (TPSA) is 45.1 Å². The third-order valence-corrected chi connectivity index (χ3v) is 2.61. The monoisotopic (exact) mass is 200 g/mol. The van der Waals surface area contributed by atoms with Crippen molar-refractivity contribution < 1.29 is 5.11 Å². The lowest BCUT2D eigenvalue weighted by atomic mass is 10.0. The molecule has 0 aromatic carbocycles. The van der Waals surface area contributed by atoms with Gasteiger partial charge in [-0.05, 0) is 20.9 Å². The highest BCUT2D eigenvalue weighted by molar-refractivity contribution is 7.09. The average molecular weight is 200 g/mol. The van der Waals surface area contributed by atoms with Crippen LogP contribution in [0.2, 0.25) is 0 Å². The molecule has 0 amide bonds. The fraction of sp³-hybridized carbons (Fsp3) is 0.667. The second-order valence-corrected chi connectivity index (χ2v) is 4.62. The van der Waals surface area contributed by atoms with Crippen LogP contribution in [0.25, 0.3) is 0 Å². The number of nitrogens with one attached hydrogen (secondary N) is 1. The lowest BCUT2D eigenvalue weighted by Gasteiger charge is -2.21. The summed E-state index contributed by atoms with van der Waals surface area (Å²) in [6.07, 6.45) is 0.609. The zero-order valence-electron chi connectivity index (χ0n) is 8.29. The third kappa shape index (κ3) is 3.42. The molecule has 2 N–H and O–H groups in total. The van der Waals surface area contributed by atoms with E-state index in [0.717, 1.165) is 10.7 Å². The van der Waals surface area contributed by atoms with Gasteiger partial charge in [0.15, 0.2) is 0 Å². The van der Waals surface area contributed by atoms with Gasteiger partial charge in [-0.3, -0.25) is 0 Å². The zero-order valence-corrected chi connectivity index (χ0v) is 9.11. The summed E-state index contributed by atoms with van der Waals surface area (Å²) in [6, 6.07) is 0. The molecule has 0 aliphatic carbocycles. The van der Waals surface area contributed by atoms with Crippen molar-refractivity contribution in [1.29, 1.82) is 0 Å². The van der Waals surface area contributed by atoms with Crippen LogP contribution >= 0.6 is 11.3 Å². The highest BCUT2D eigenvalue weighted by atomic mass is 32.1. The molecule has 1 atom stereocenters. The zero-order chi connectivity index (χ0) is 9.90. The molecule has 0 spiro atoms. The number of nitrogens with zero attached hydrogens (tertiary/aromatic N) is 1. The minimum atomic E-state index is -0.699. The predicted octanol–water partition coefficient (Wildman–Crippen LogP) is 0.964. The Kier molecular flexibility index (Phi) is 3.41. The number of aryl methyl sites for hydroxylation is 1. The number of rotatable bonds is 4. The predicted molar refractivity (Wildman–Crippen MR) is 55.1 cm³/mol. The molecule has 0 radical (unpaired) electrons. The van der Waals surface area contributed by atoms with Crippen LogP contribution in [0.1, 0.15) is 17.6 Å². The normalized spacial score (nSPS) is 15.7. The van der Waals surface area contributed by atoms with Gasteiger partial charge in [0.25, 0.3) is 0 Å². The molecule has 13 heavy (non-hydrogen) atoms. The first-order chi connectivity index (χ1) is 6.03. The summed E-state index contributed by atoms with van der Waals surface area (Å²) in [5.41, 5.74) is 0.276. The van der Waals surface area contributed by atoms with Crippen LogP contribution in [-0.4, -0.2) is 29.3 Å². The van der Waals surface area contributed by atoms with Gasteiger partial charge in [-0.15, -0.1) is 11.3 Å². The quantitative estimate of drug-likeness (QED) is 0.761. The van der Waals surface area contributed by atoms with Crippen molar-refractivity contribution in [1.82, 2.24) is 10.3 Å². The molecule has 0 bridgehead atoms. The molecule has 4 heteroatoms. The Morgan fingerprint density at radius 1 is 1.69 bits per heavy atom. The molecule has 74 valence electrons. The first-order valence-corrected chi connectivity index (χ1v) is 5.19. The summed E-state index contributed by atoms with van der Waals surface area (Å²) in [6.45, 7) is 4.38. The van der Waals surface area contributed by atoms with Crippen molar-refractivity contribution in [3.63, 3.8) is 0 Å². The van der Waals surface area contributed by atoms with Gasteiger partial charge in [-0.2, -0.15) is 0 Å². The van der Waals surface area contributed by atoms with Crippen LogP contribution in [0.15, 0.2) is 5.38 Å². The second kappa shape index (κ2) is 4.17. The van der Waals surface area contributed by atoms with Crippen LogP contribution in [0.4, 0.5) is 0 Å². The molecule has 1 unspecified atom stereocenters. The molecule has 1 aromatic heterocycles. The fourth-order valence-corrected chi connectivity index (χ4v) is 1.94. The molecule has 3 nitrogen and oxygen atoms in total. The molecule has 0 aliphatic heterocycles. The lowest BCUT2D eigenvalue weighted by Crippen LogP contribution is -2.38. The molecule has 0 saturated carbocycles. The third-order valence-electron chi connectivity index (χ3n) is 1.79. The number of hydrogen-bond donors (Lipinski definition) is 2. The summed E-state index contributed by atoms with van der Waals surface area (Å²) >= 11 is 1.62. The van der Waals surface area contributed by atoms with Gasteiger partial charge in [0, 0.05) is 18.3 Å². The van der Waals surface area contributed by atoms with Gasteiger partial charge in [0.1, 0.15) is 0 Å². The van der Waals surface area contributed by atoms with E-state index in [0.29, 0.717) is 13.0 Å². The first kappa shape index (κ1) is 10.6. The Morgan fingerprint density at radius 3 is 2.85 bits per heavy atom. The maximum Gasteiger partial charge on any atom is 0.0897 e. The van der Waals surface area contributed by atoms with Crippen molar-refractivity contribution in [2.75, 3.05) is 13.6 Å². The molecule has 1 heterocycles. The van der Waals surface area contributed by atoms with Crippen LogP contribution < -0.4 is 5.32 Å². The van der Waals surface area contributed by atoms with Crippen molar-refractivity contribution in [3.05, 3.63) is 16.1 Å². The van der Waals surface area contributed by atoms with Crippen molar-refractivity contribution in [2.45, 2.75) is 25.9 Å². The van der Waals surface area contributed by atoms with E-state index < -0.39 is 5.60 Å². The van der Waals surface area contributed by atoms with Gasteiger partial charge in [-0.25, -0.2) is 4.98 Å². The Hall–Kier alpha value is -0.450. The van der Waals surface area contributed by atoms with Crippen LogP contribution in [-0.2, 0) is 6.42 Å². The van der Waals surface area contributed by atoms with E-state index in [1.807, 2.05) is 26.3 Å². The average Bonchev–Trinajstić information content (AvgIpc) is 2.34. The minimum Gasteiger partial charge on any atom is -0.388 e. The van der Waals surface area contributed by atoms with E-state index in [4.69, 9.17) is 0 Å². The summed E-state index contributed by atoms with van der Waals surface area (Å²) < 4.78 is 0. The van der Waals surface area contributed by atoms with E-state index in [1.54, 1.807) is 11.3 Å². The maximum atomic E-state index is 9.88. The fourth-order valence-electron chi connectivity index (χ4n) is 1.32. The van der Waals surface area contributed by atoms with Crippen LogP contribution in [0, 0.1) is 6.92 Å². The SMILES string of the molecule is CNCC(C)(O)Cc1csc(C)n1. The van der Waals surface area contributed by atoms with E-state index in [2.05, 4.69) is 10.3 Å². The Bertz CT molecular complexity index is 270. The summed E-state index contributed by atoms with van der Waals surface area (Å²) in [7, 11) is 1.83. The minimum absolute atomic E-state index is 0.587. The molecular formula is C9H16N2OS. The number of likely N-dealkylation sites (N-methyl/N-ethyl adjacent to an activating group) is 1. The van der Waals surface area contributed by atoms with Gasteiger partial charge in [-0.1, -0.05) is 0 Å². The Morgan fingerprint density at radius 2 is 2.38 bits per heavy atom. The van der Waals surface area contributed by atoms with Crippen molar-refractivity contribution in [3.8, 4) is 0 Å². The number of hydrogen-bond acceptors (Lipinski definition) is 4. The van der Waals surface area contributed by atoms with Crippen LogP contribution in [0.3, 0.4) is 0 Å². The summed E-state index contributed by atoms with van der Waals surface area (Å²) in [4.78, 5) is 4.31. The smallest absolute Gasteiger partial charge is 0.0897 e. The highest BCUT2D eigenvalue weighted by Crippen LogP contribution is 2.14. The van der Waals surface area contributed by atoms with Crippen LogP contribution in [0.5, 0.6) is 0 Å². The standard InChI is InChI=1S/C9H16N2OS/c1-7-11-8(5-13-7)4-9(2,12)6-10-3/h5,10,12H,4,6H2,1-3H3. The van der Waals surface area contributed by atoms with E-state index in [1.165, 1.54) is 0 Å². The van der Waals surface area contributed by atoms with Gasteiger partial charge < -0.3 is 10.4 Å². The molecule has 0 aliphatic rings. The van der Waals surface area contributed by atoms with Gasteiger partial charge in [0.05, 0.1) is 16.3 Å². The van der Waals surface area contributed by atoms with E-state index >= 15 is 0 Å². The van der Waals surface area contributed by atoms with E-state index in [9.17, 15) is 5.11 Å². The largest absolute Gasteiger partial charge is 0.388 e. The number of thiazole rings is 1. The maximum absolute atomic E-state index is 9.88. The lowest BCUT2D eigenvalue weighted by molar-refractivity contribution is 0.0614. The van der Waals surface area contributed by atoms with Gasteiger partial charge >= 0.3 is 0 Å². The van der Waals surface area contributed by atoms with Gasteiger partial charge in [0.2, 0.25) is 0 Å². The number of aromatic nitrogens is 1. The Labute approximate surface area is 82.8 Å². The van der Waals surface area contributed by atoms with Crippen molar-refractivity contribution in [2.24, 2.45) is 0 Å². The Balaban J connectivity index is 2.57. The molecule has 1 aromatic rings. The highest BCUT2D eigenvalue weighted by Gasteiger charge is 2.20. The second-order valence-electron chi connectivity index (χ2n) is 3.56. The number of aliphatic hydroxyl groups is 1. The molecule has 0 saturated heterocycles. The van der Waals surface area contributed by atoms with E-state index in [-0.39, 0.29) is 0 Å². The summed E-state index contributed by atoms with van der Waals surface area (Å²) in [5.74, 6) is 0. The summed E-state index contributed by atoms with van der Waals surface area (Å²) in [5, 5.41) is 15.9. The van der Waals surface area contributed by atoms with Crippen molar-refractivity contribution >= 4 is 11.3 Å². The first-order valence-electron chi connectivity index (χ1n) is 4.31. The molecule has 1 rings (SSSR count). The molecule has 0 fully saturated rings. The molecular weight excluding hydrogens is 184 g/mol.